The summed E-state index contributed by atoms with van der Waals surface area (Å²) in [6, 6.07) is 7.20. The van der Waals surface area contributed by atoms with Gasteiger partial charge in [0.05, 0.1) is 5.39 Å². The van der Waals surface area contributed by atoms with Crippen molar-refractivity contribution >= 4 is 27.5 Å². The number of halogens is 1. The number of hydrogen-bond acceptors (Lipinski definition) is 4. The number of H-pyrrole nitrogens is 1. The second-order valence-corrected chi connectivity index (χ2v) is 5.48. The van der Waals surface area contributed by atoms with Gasteiger partial charge in [-0.2, -0.15) is 0 Å². The highest BCUT2D eigenvalue weighted by molar-refractivity contribution is 7.20. The van der Waals surface area contributed by atoms with Gasteiger partial charge in [-0.1, -0.05) is 12.1 Å². The minimum absolute atomic E-state index is 0.0712. The Morgan fingerprint density at radius 3 is 2.71 bits per heavy atom. The lowest BCUT2D eigenvalue weighted by atomic mass is 10.1. The monoisotopic (exact) mass is 304 g/mol. The molecule has 0 saturated heterocycles. The number of aromatic carboxylic acids is 1. The standard InChI is InChI=1S/C14H9FN2O3S/c15-8-3-1-7(2-4-8)5-11-16-12(18)9-6-10(14(19)20)21-13(9)17-11/h1-4,6H,5H2,(H,19,20)(H,16,17,18). The van der Waals surface area contributed by atoms with E-state index in [1.54, 1.807) is 12.1 Å². The number of thiophene rings is 1. The Hall–Kier alpha value is -2.54. The van der Waals surface area contributed by atoms with Crippen molar-refractivity contribution in [3.05, 3.63) is 62.8 Å². The molecule has 0 radical (unpaired) electrons. The average molecular weight is 304 g/mol. The summed E-state index contributed by atoms with van der Waals surface area (Å²) in [7, 11) is 0. The first kappa shape index (κ1) is 13.4. The lowest BCUT2D eigenvalue weighted by molar-refractivity contribution is 0.0702. The first-order valence-corrected chi connectivity index (χ1v) is 6.85. The maximum absolute atomic E-state index is 12.8. The van der Waals surface area contributed by atoms with E-state index in [4.69, 9.17) is 5.11 Å². The molecule has 0 fully saturated rings. The van der Waals surface area contributed by atoms with E-state index in [2.05, 4.69) is 9.97 Å². The highest BCUT2D eigenvalue weighted by Crippen LogP contribution is 2.21. The van der Waals surface area contributed by atoms with Crippen molar-refractivity contribution in [1.29, 1.82) is 0 Å². The van der Waals surface area contributed by atoms with Gasteiger partial charge in [0.15, 0.2) is 0 Å². The zero-order valence-electron chi connectivity index (χ0n) is 10.6. The number of nitrogens with one attached hydrogen (secondary N) is 1. The maximum Gasteiger partial charge on any atom is 0.345 e. The molecular weight excluding hydrogens is 295 g/mol. The Bertz CT molecular complexity index is 883. The summed E-state index contributed by atoms with van der Waals surface area (Å²) in [4.78, 5) is 30.2. The minimum atomic E-state index is -1.09. The number of carboxylic acids is 1. The smallest absolute Gasteiger partial charge is 0.345 e. The van der Waals surface area contributed by atoms with Crippen LogP contribution in [0.1, 0.15) is 21.1 Å². The lowest BCUT2D eigenvalue weighted by Crippen LogP contribution is -2.10. The normalized spacial score (nSPS) is 10.9. The van der Waals surface area contributed by atoms with Gasteiger partial charge < -0.3 is 10.1 Å². The van der Waals surface area contributed by atoms with E-state index in [1.807, 2.05) is 0 Å². The minimum Gasteiger partial charge on any atom is -0.477 e. The van der Waals surface area contributed by atoms with E-state index in [1.165, 1.54) is 18.2 Å². The van der Waals surface area contributed by atoms with Crippen molar-refractivity contribution < 1.29 is 14.3 Å². The quantitative estimate of drug-likeness (QED) is 0.778. The van der Waals surface area contributed by atoms with Crippen LogP contribution >= 0.6 is 11.3 Å². The summed E-state index contributed by atoms with van der Waals surface area (Å²) in [5.41, 5.74) is 0.426. The molecule has 0 amide bonds. The van der Waals surface area contributed by atoms with Gasteiger partial charge >= 0.3 is 5.97 Å². The molecule has 0 atom stereocenters. The molecule has 0 saturated carbocycles. The van der Waals surface area contributed by atoms with Crippen LogP contribution in [0.4, 0.5) is 4.39 Å². The molecular formula is C14H9FN2O3S. The van der Waals surface area contributed by atoms with Gasteiger partial charge in [0.25, 0.3) is 5.56 Å². The second-order valence-electron chi connectivity index (χ2n) is 4.45. The predicted molar refractivity (Wildman–Crippen MR) is 76.4 cm³/mol. The summed E-state index contributed by atoms with van der Waals surface area (Å²) in [6.45, 7) is 0. The Balaban J connectivity index is 2.01. The van der Waals surface area contributed by atoms with Crippen LogP contribution in [0.2, 0.25) is 0 Å². The Kier molecular flexibility index (Phi) is 3.26. The van der Waals surface area contributed by atoms with Crippen LogP contribution in [0, 0.1) is 5.82 Å². The molecule has 21 heavy (non-hydrogen) atoms. The molecule has 3 rings (SSSR count). The molecule has 0 aliphatic heterocycles. The molecule has 0 aliphatic rings. The molecule has 106 valence electrons. The SMILES string of the molecule is O=C(O)c1cc2c(=O)[nH]c(Cc3ccc(F)cc3)nc2s1. The van der Waals surface area contributed by atoms with E-state index >= 15 is 0 Å². The fourth-order valence-electron chi connectivity index (χ4n) is 1.96. The van der Waals surface area contributed by atoms with Crippen LogP contribution in [0.3, 0.4) is 0 Å². The predicted octanol–water partition coefficient (Wildman–Crippen LogP) is 2.41. The zero-order chi connectivity index (χ0) is 15.0. The molecule has 0 aliphatic carbocycles. The number of aromatic nitrogens is 2. The van der Waals surface area contributed by atoms with E-state index in [0.29, 0.717) is 17.1 Å². The molecule has 2 N–H and O–H groups in total. The third kappa shape index (κ3) is 2.68. The van der Waals surface area contributed by atoms with Gasteiger partial charge in [-0.25, -0.2) is 14.2 Å². The topological polar surface area (TPSA) is 83.0 Å². The van der Waals surface area contributed by atoms with Crippen LogP contribution in [-0.4, -0.2) is 21.0 Å². The van der Waals surface area contributed by atoms with Crippen LogP contribution in [0.15, 0.2) is 35.1 Å². The van der Waals surface area contributed by atoms with E-state index in [0.717, 1.165) is 16.9 Å². The van der Waals surface area contributed by atoms with Gasteiger partial charge in [0, 0.05) is 6.42 Å². The van der Waals surface area contributed by atoms with Gasteiger partial charge in [-0.3, -0.25) is 4.79 Å². The van der Waals surface area contributed by atoms with Gasteiger partial charge in [-0.15, -0.1) is 11.3 Å². The van der Waals surface area contributed by atoms with Crippen molar-refractivity contribution in [1.82, 2.24) is 9.97 Å². The van der Waals surface area contributed by atoms with Crippen molar-refractivity contribution in [2.45, 2.75) is 6.42 Å². The summed E-state index contributed by atoms with van der Waals surface area (Å²) in [5.74, 6) is -1.00. The van der Waals surface area contributed by atoms with Crippen LogP contribution in [0.25, 0.3) is 10.2 Å². The Morgan fingerprint density at radius 1 is 1.33 bits per heavy atom. The largest absolute Gasteiger partial charge is 0.477 e. The van der Waals surface area contributed by atoms with Gasteiger partial charge in [-0.05, 0) is 23.8 Å². The van der Waals surface area contributed by atoms with Crippen molar-refractivity contribution in [2.24, 2.45) is 0 Å². The number of nitrogens with zero attached hydrogens (tertiary/aromatic N) is 1. The number of carbonyl (C=O) groups is 1. The molecule has 0 spiro atoms. The number of benzene rings is 1. The maximum atomic E-state index is 12.8. The summed E-state index contributed by atoms with van der Waals surface area (Å²) >= 11 is 0.956. The first-order valence-electron chi connectivity index (χ1n) is 6.03. The second kappa shape index (κ2) is 5.10. The molecule has 5 nitrogen and oxygen atoms in total. The zero-order valence-corrected chi connectivity index (χ0v) is 11.4. The molecule has 2 heterocycles. The molecule has 3 aromatic rings. The molecule has 2 aromatic heterocycles. The van der Waals surface area contributed by atoms with Gasteiger partial charge in [0.1, 0.15) is 21.3 Å². The van der Waals surface area contributed by atoms with Crippen LogP contribution in [0.5, 0.6) is 0 Å². The fourth-order valence-corrected chi connectivity index (χ4v) is 2.85. The Morgan fingerprint density at radius 2 is 2.05 bits per heavy atom. The van der Waals surface area contributed by atoms with Crippen molar-refractivity contribution in [3.8, 4) is 0 Å². The number of fused-ring (bicyclic) bond motifs is 1. The van der Waals surface area contributed by atoms with E-state index < -0.39 is 5.97 Å². The molecule has 7 heteroatoms. The first-order chi connectivity index (χ1) is 10.0. The van der Waals surface area contributed by atoms with Crippen molar-refractivity contribution in [3.63, 3.8) is 0 Å². The lowest BCUT2D eigenvalue weighted by Gasteiger charge is -2.01. The highest BCUT2D eigenvalue weighted by atomic mass is 32.1. The average Bonchev–Trinajstić information content (AvgIpc) is 2.86. The van der Waals surface area contributed by atoms with E-state index in [-0.39, 0.29) is 21.6 Å². The molecule has 0 unspecified atom stereocenters. The van der Waals surface area contributed by atoms with E-state index in [9.17, 15) is 14.0 Å². The Labute approximate surface area is 121 Å². The molecule has 0 bridgehead atoms. The number of rotatable bonds is 3. The summed E-state index contributed by atoms with van der Waals surface area (Å²) in [6.07, 6.45) is 0.339. The number of hydrogen-bond donors (Lipinski definition) is 2. The molecule has 1 aromatic carbocycles. The van der Waals surface area contributed by atoms with Crippen molar-refractivity contribution in [2.75, 3.05) is 0 Å². The van der Waals surface area contributed by atoms with Crippen LogP contribution < -0.4 is 5.56 Å². The van der Waals surface area contributed by atoms with Crippen LogP contribution in [-0.2, 0) is 6.42 Å². The highest BCUT2D eigenvalue weighted by Gasteiger charge is 2.13. The fraction of sp³-hybridized carbons (Fsp3) is 0.0714. The summed E-state index contributed by atoms with van der Waals surface area (Å²) < 4.78 is 12.8. The summed E-state index contributed by atoms with van der Waals surface area (Å²) in [5, 5.41) is 9.21. The van der Waals surface area contributed by atoms with Gasteiger partial charge in [0.2, 0.25) is 0 Å². The third-order valence-electron chi connectivity index (χ3n) is 2.95. The number of aromatic amines is 1. The third-order valence-corrected chi connectivity index (χ3v) is 3.96. The number of carboxylic acid groups (broad SMARTS) is 1.